The van der Waals surface area contributed by atoms with Gasteiger partial charge in [-0.05, 0) is 72.6 Å². The first kappa shape index (κ1) is 25.5. The normalized spacial score (nSPS) is 16.4. The second-order valence-electron chi connectivity index (χ2n) is 9.17. The first-order valence-corrected chi connectivity index (χ1v) is 12.3. The van der Waals surface area contributed by atoms with Gasteiger partial charge in [-0.3, -0.25) is 19.3 Å². The lowest BCUT2D eigenvalue weighted by atomic mass is 9.98. The topological polar surface area (TPSA) is 109 Å². The largest absolute Gasteiger partial charge is 0.507 e. The number of nitrogens with zero attached hydrogens (tertiary/aromatic N) is 1. The van der Waals surface area contributed by atoms with Crippen molar-refractivity contribution in [2.45, 2.75) is 26.5 Å². The molecular weight excluding hydrogens is 496 g/mol. The minimum atomic E-state index is -0.985. The van der Waals surface area contributed by atoms with Gasteiger partial charge in [-0.2, -0.15) is 0 Å². The Kier molecular flexibility index (Phi) is 7.01. The van der Waals surface area contributed by atoms with Gasteiger partial charge in [0.25, 0.3) is 11.7 Å². The van der Waals surface area contributed by atoms with Crippen molar-refractivity contribution >= 4 is 34.7 Å². The number of carbonyl (C=O) groups is 3. The van der Waals surface area contributed by atoms with Crippen molar-refractivity contribution in [2.24, 2.45) is 0 Å². The smallest absolute Gasteiger partial charge is 0.300 e. The zero-order chi connectivity index (χ0) is 27.5. The van der Waals surface area contributed by atoms with Crippen LogP contribution in [0.3, 0.4) is 0 Å². The Balaban J connectivity index is 1.50. The van der Waals surface area contributed by atoms with Gasteiger partial charge in [0.05, 0.1) is 11.8 Å². The monoisotopic (exact) mass is 522 g/mol. The summed E-state index contributed by atoms with van der Waals surface area (Å²) in [5, 5.41) is 14.0. The van der Waals surface area contributed by atoms with Gasteiger partial charge < -0.3 is 19.6 Å². The van der Waals surface area contributed by atoms with Crippen LogP contribution in [0.4, 0.5) is 11.4 Å². The molecule has 2 N–H and O–H groups in total. The summed E-state index contributed by atoms with van der Waals surface area (Å²) in [5.41, 5.74) is 3.02. The summed E-state index contributed by atoms with van der Waals surface area (Å²) < 4.78 is 11.5. The third-order valence-corrected chi connectivity index (χ3v) is 6.41. The van der Waals surface area contributed by atoms with Crippen LogP contribution < -0.4 is 15.0 Å². The molecular formula is C31H26N2O6. The molecule has 0 spiro atoms. The molecule has 8 heteroatoms. The van der Waals surface area contributed by atoms with Gasteiger partial charge in [0.15, 0.2) is 0 Å². The molecule has 8 nitrogen and oxygen atoms in total. The molecule has 1 aromatic heterocycles. The van der Waals surface area contributed by atoms with Crippen LogP contribution >= 0.6 is 0 Å². The third-order valence-electron chi connectivity index (χ3n) is 6.41. The van der Waals surface area contributed by atoms with Crippen molar-refractivity contribution in [1.82, 2.24) is 0 Å². The van der Waals surface area contributed by atoms with E-state index in [-0.39, 0.29) is 17.2 Å². The third kappa shape index (κ3) is 5.17. The van der Waals surface area contributed by atoms with Crippen LogP contribution in [-0.2, 0) is 21.0 Å². The predicted molar refractivity (Wildman–Crippen MR) is 146 cm³/mol. The number of furan rings is 1. The van der Waals surface area contributed by atoms with Gasteiger partial charge in [-0.25, -0.2) is 0 Å². The Bertz CT molecular complexity index is 1560. The van der Waals surface area contributed by atoms with E-state index in [1.807, 2.05) is 37.3 Å². The summed E-state index contributed by atoms with van der Waals surface area (Å²) in [7, 11) is 0. The molecule has 39 heavy (non-hydrogen) atoms. The maximum Gasteiger partial charge on any atom is 0.300 e. The zero-order valence-electron chi connectivity index (χ0n) is 21.4. The van der Waals surface area contributed by atoms with Crippen molar-refractivity contribution in [2.75, 3.05) is 10.2 Å². The molecule has 1 fully saturated rings. The van der Waals surface area contributed by atoms with Crippen molar-refractivity contribution < 1.29 is 28.6 Å². The lowest BCUT2D eigenvalue weighted by molar-refractivity contribution is -0.132. The summed E-state index contributed by atoms with van der Waals surface area (Å²) >= 11 is 0. The van der Waals surface area contributed by atoms with Crippen molar-refractivity contribution in [1.29, 1.82) is 0 Å². The minimum Gasteiger partial charge on any atom is -0.507 e. The van der Waals surface area contributed by atoms with Crippen LogP contribution in [0.25, 0.3) is 5.76 Å². The maximum absolute atomic E-state index is 13.3. The van der Waals surface area contributed by atoms with E-state index >= 15 is 0 Å². The molecule has 0 radical (unpaired) electrons. The Morgan fingerprint density at radius 3 is 2.38 bits per heavy atom. The lowest BCUT2D eigenvalue weighted by Crippen LogP contribution is -2.29. The first-order valence-electron chi connectivity index (χ1n) is 12.3. The van der Waals surface area contributed by atoms with Crippen LogP contribution in [0, 0.1) is 6.92 Å². The molecule has 5 rings (SSSR count). The number of benzene rings is 3. The molecule has 0 aliphatic carbocycles. The fourth-order valence-corrected chi connectivity index (χ4v) is 4.57. The van der Waals surface area contributed by atoms with E-state index in [4.69, 9.17) is 9.15 Å². The zero-order valence-corrected chi connectivity index (χ0v) is 21.4. The quantitative estimate of drug-likeness (QED) is 0.182. The van der Waals surface area contributed by atoms with Gasteiger partial charge >= 0.3 is 0 Å². The molecule has 4 aromatic rings. The number of aliphatic hydroxyl groups excluding tert-OH is 1. The Hall–Kier alpha value is -5.11. The molecule has 2 amide bonds. The lowest BCUT2D eigenvalue weighted by Gasteiger charge is -2.23. The molecule has 2 heterocycles. The number of nitrogens with one attached hydrogen (secondary N) is 1. The fraction of sp³-hybridized carbons (Fsp3) is 0.129. The molecule has 3 aromatic carbocycles. The molecule has 1 aliphatic rings. The summed E-state index contributed by atoms with van der Waals surface area (Å²) in [4.78, 5) is 39.2. The van der Waals surface area contributed by atoms with Gasteiger partial charge in [0.1, 0.15) is 29.9 Å². The van der Waals surface area contributed by atoms with Crippen LogP contribution in [-0.4, -0.2) is 22.7 Å². The minimum absolute atomic E-state index is 0.0850. The highest BCUT2D eigenvalue weighted by Crippen LogP contribution is 2.42. The summed E-state index contributed by atoms with van der Waals surface area (Å²) in [6, 6.07) is 23.7. The highest BCUT2D eigenvalue weighted by molar-refractivity contribution is 6.51. The number of amides is 2. The average molecular weight is 523 g/mol. The van der Waals surface area contributed by atoms with E-state index in [1.165, 1.54) is 18.1 Å². The number of ether oxygens (including phenoxy) is 1. The first-order chi connectivity index (χ1) is 18.8. The molecule has 1 saturated heterocycles. The van der Waals surface area contributed by atoms with Crippen LogP contribution in [0.1, 0.15) is 35.4 Å². The second-order valence-corrected chi connectivity index (χ2v) is 9.17. The van der Waals surface area contributed by atoms with E-state index in [1.54, 1.807) is 54.6 Å². The number of anilines is 2. The average Bonchev–Trinajstić information content (AvgIpc) is 3.55. The van der Waals surface area contributed by atoms with E-state index < -0.39 is 17.7 Å². The Morgan fingerprint density at radius 1 is 1.00 bits per heavy atom. The van der Waals surface area contributed by atoms with E-state index in [9.17, 15) is 19.5 Å². The maximum atomic E-state index is 13.3. The predicted octanol–water partition coefficient (Wildman–Crippen LogP) is 5.75. The van der Waals surface area contributed by atoms with E-state index in [0.29, 0.717) is 35.1 Å². The van der Waals surface area contributed by atoms with Crippen molar-refractivity contribution in [3.05, 3.63) is 119 Å². The van der Waals surface area contributed by atoms with Gasteiger partial charge in [0, 0.05) is 23.9 Å². The standard InChI is InChI=1S/C31H26N2O6/c1-19-17-22(10-15-25(19)39-18-21-7-4-3-5-8-21)29(35)27-28(26-9-6-16-38-26)33(31(37)30(27)36)24-13-11-23(12-14-24)32-20(2)34/h3-17,28,35H,18H2,1-2H3,(H,32,34)/b29-27-. The van der Waals surface area contributed by atoms with Crippen LogP contribution in [0.5, 0.6) is 5.75 Å². The van der Waals surface area contributed by atoms with Crippen LogP contribution in [0.2, 0.25) is 0 Å². The number of ketones is 1. The summed E-state index contributed by atoms with van der Waals surface area (Å²) in [6.45, 7) is 3.63. The van der Waals surface area contributed by atoms with Crippen LogP contribution in [0.15, 0.2) is 101 Å². The van der Waals surface area contributed by atoms with E-state index in [2.05, 4.69) is 5.32 Å². The van der Waals surface area contributed by atoms with E-state index in [0.717, 1.165) is 11.1 Å². The molecule has 1 aliphatic heterocycles. The molecule has 1 unspecified atom stereocenters. The molecule has 0 bridgehead atoms. The number of hydrogen-bond donors (Lipinski definition) is 2. The molecule has 0 saturated carbocycles. The summed E-state index contributed by atoms with van der Waals surface area (Å²) in [5.74, 6) is -1.22. The number of aliphatic hydroxyl groups is 1. The number of aryl methyl sites for hydroxylation is 1. The summed E-state index contributed by atoms with van der Waals surface area (Å²) in [6.07, 6.45) is 1.44. The SMILES string of the molecule is CC(=O)Nc1ccc(N2C(=O)C(=O)/C(=C(\O)c3ccc(OCc4ccccc4)c(C)c3)C2c2ccco2)cc1. The number of rotatable bonds is 7. The number of carbonyl (C=O) groups excluding carboxylic acids is 3. The number of hydrogen-bond acceptors (Lipinski definition) is 6. The highest BCUT2D eigenvalue weighted by atomic mass is 16.5. The highest BCUT2D eigenvalue weighted by Gasteiger charge is 2.48. The molecule has 1 atom stereocenters. The number of Topliss-reactive ketones (excluding diaryl/α,β-unsaturated/α-hetero) is 1. The van der Waals surface area contributed by atoms with Gasteiger partial charge in [-0.15, -0.1) is 0 Å². The Morgan fingerprint density at radius 2 is 1.74 bits per heavy atom. The van der Waals surface area contributed by atoms with Crippen molar-refractivity contribution in [3.8, 4) is 5.75 Å². The second kappa shape index (κ2) is 10.7. The van der Waals surface area contributed by atoms with Crippen molar-refractivity contribution in [3.63, 3.8) is 0 Å². The fourth-order valence-electron chi connectivity index (χ4n) is 4.57. The van der Waals surface area contributed by atoms with Gasteiger partial charge in [-0.1, -0.05) is 30.3 Å². The Labute approximate surface area is 225 Å². The molecule has 196 valence electrons. The van der Waals surface area contributed by atoms with Gasteiger partial charge in [0.2, 0.25) is 5.91 Å².